The van der Waals surface area contributed by atoms with Gasteiger partial charge in [0.1, 0.15) is 0 Å². The van der Waals surface area contributed by atoms with Crippen LogP contribution in [-0.4, -0.2) is 35.7 Å². The van der Waals surface area contributed by atoms with Gasteiger partial charge in [0.15, 0.2) is 0 Å². The number of nitrogens with zero attached hydrogens (tertiary/aromatic N) is 1. The number of hydrogen-bond donors (Lipinski definition) is 1. The van der Waals surface area contributed by atoms with Crippen molar-refractivity contribution in [2.75, 3.05) is 19.6 Å². The molecule has 17 heavy (non-hydrogen) atoms. The second kappa shape index (κ2) is 5.71. The summed E-state index contributed by atoms with van der Waals surface area (Å²) >= 11 is 0. The second-order valence-electron chi connectivity index (χ2n) is 6.37. The Morgan fingerprint density at radius 3 is 2.18 bits per heavy atom. The molecule has 1 aliphatic carbocycles. The molecule has 0 radical (unpaired) electrons. The molecule has 0 aromatic carbocycles. The van der Waals surface area contributed by atoms with Crippen molar-refractivity contribution in [3.05, 3.63) is 0 Å². The van der Waals surface area contributed by atoms with E-state index in [9.17, 15) is 5.11 Å². The summed E-state index contributed by atoms with van der Waals surface area (Å²) in [4.78, 5) is 2.48. The fraction of sp³-hybridized carbons (Fsp3) is 1.00. The Morgan fingerprint density at radius 1 is 1.06 bits per heavy atom. The zero-order chi connectivity index (χ0) is 12.3. The van der Waals surface area contributed by atoms with Crippen LogP contribution < -0.4 is 0 Å². The van der Waals surface area contributed by atoms with Gasteiger partial charge >= 0.3 is 0 Å². The summed E-state index contributed by atoms with van der Waals surface area (Å²) in [5, 5.41) is 10.2. The van der Waals surface area contributed by atoms with Crippen molar-refractivity contribution in [2.45, 2.75) is 64.9 Å². The Bertz CT molecular complexity index is 223. The Kier molecular flexibility index (Phi) is 4.48. The summed E-state index contributed by atoms with van der Waals surface area (Å²) in [6.45, 7) is 7.80. The summed E-state index contributed by atoms with van der Waals surface area (Å²) in [5.74, 6) is 0.498. The van der Waals surface area contributed by atoms with Gasteiger partial charge in [-0.25, -0.2) is 0 Å². The van der Waals surface area contributed by atoms with Gasteiger partial charge in [-0.3, -0.25) is 4.90 Å². The lowest BCUT2D eigenvalue weighted by atomic mass is 9.68. The number of rotatable bonds is 5. The molecule has 1 saturated carbocycles. The van der Waals surface area contributed by atoms with E-state index in [1.807, 2.05) is 0 Å². The minimum atomic E-state index is -0.106. The smallest absolute Gasteiger partial charge is 0.0695 e. The van der Waals surface area contributed by atoms with E-state index in [1.54, 1.807) is 0 Å². The summed E-state index contributed by atoms with van der Waals surface area (Å²) in [6.07, 6.45) is 9.29. The third-order valence-electron chi connectivity index (χ3n) is 5.07. The van der Waals surface area contributed by atoms with Crippen molar-refractivity contribution in [1.29, 1.82) is 0 Å². The fourth-order valence-electron chi connectivity index (χ4n) is 3.90. The normalized spacial score (nSPS) is 26.1. The van der Waals surface area contributed by atoms with Crippen molar-refractivity contribution in [3.8, 4) is 0 Å². The SMILES string of the molecule is CCC(CC)C(O)CN1CC2(CCCCC2)C1. The predicted molar refractivity (Wildman–Crippen MR) is 72.0 cm³/mol. The molecular formula is C15H29NO. The Balaban J connectivity index is 1.72. The van der Waals surface area contributed by atoms with E-state index in [0.717, 1.165) is 19.4 Å². The Morgan fingerprint density at radius 2 is 1.65 bits per heavy atom. The molecule has 2 nitrogen and oxygen atoms in total. The maximum absolute atomic E-state index is 10.2. The van der Waals surface area contributed by atoms with Crippen LogP contribution in [0, 0.1) is 11.3 Å². The van der Waals surface area contributed by atoms with E-state index in [2.05, 4.69) is 18.7 Å². The van der Waals surface area contributed by atoms with Crippen LogP contribution in [0.15, 0.2) is 0 Å². The molecule has 2 fully saturated rings. The van der Waals surface area contributed by atoms with Crippen molar-refractivity contribution in [1.82, 2.24) is 4.90 Å². The third kappa shape index (κ3) is 3.03. The quantitative estimate of drug-likeness (QED) is 0.797. The van der Waals surface area contributed by atoms with Crippen LogP contribution in [0.3, 0.4) is 0 Å². The minimum Gasteiger partial charge on any atom is -0.392 e. The molecule has 2 rings (SSSR count). The van der Waals surface area contributed by atoms with Crippen LogP contribution in [0.5, 0.6) is 0 Å². The first-order valence-corrected chi connectivity index (χ1v) is 7.59. The van der Waals surface area contributed by atoms with E-state index in [1.165, 1.54) is 45.2 Å². The first-order chi connectivity index (χ1) is 8.19. The highest BCUT2D eigenvalue weighted by atomic mass is 16.3. The molecule has 2 aliphatic rings. The first-order valence-electron chi connectivity index (χ1n) is 7.59. The Hall–Kier alpha value is -0.0800. The maximum Gasteiger partial charge on any atom is 0.0695 e. The molecule has 1 aliphatic heterocycles. The van der Waals surface area contributed by atoms with E-state index in [0.29, 0.717) is 11.3 Å². The van der Waals surface area contributed by atoms with Gasteiger partial charge in [0.25, 0.3) is 0 Å². The summed E-state index contributed by atoms with van der Waals surface area (Å²) in [5.41, 5.74) is 0.659. The monoisotopic (exact) mass is 239 g/mol. The molecule has 1 saturated heterocycles. The third-order valence-corrected chi connectivity index (χ3v) is 5.07. The van der Waals surface area contributed by atoms with Crippen molar-refractivity contribution < 1.29 is 5.11 Å². The molecule has 1 heterocycles. The highest BCUT2D eigenvalue weighted by Crippen LogP contribution is 2.43. The number of β-amino-alcohol motifs (C(OH)–C–C–N with tert-alkyl or cyclic N) is 1. The molecule has 100 valence electrons. The minimum absolute atomic E-state index is 0.106. The van der Waals surface area contributed by atoms with Gasteiger partial charge in [0.05, 0.1) is 6.10 Å². The molecular weight excluding hydrogens is 210 g/mol. The first kappa shape index (κ1) is 13.4. The van der Waals surface area contributed by atoms with Crippen LogP contribution in [0.4, 0.5) is 0 Å². The maximum atomic E-state index is 10.2. The molecule has 0 bridgehead atoms. The van der Waals surface area contributed by atoms with E-state index in [-0.39, 0.29) is 6.10 Å². The lowest BCUT2D eigenvalue weighted by Gasteiger charge is -2.53. The largest absolute Gasteiger partial charge is 0.392 e. The van der Waals surface area contributed by atoms with Gasteiger partial charge in [-0.15, -0.1) is 0 Å². The van der Waals surface area contributed by atoms with Crippen LogP contribution >= 0.6 is 0 Å². The van der Waals surface area contributed by atoms with Gasteiger partial charge in [0, 0.05) is 19.6 Å². The lowest BCUT2D eigenvalue weighted by molar-refractivity contribution is -0.0590. The highest BCUT2D eigenvalue weighted by Gasteiger charge is 2.43. The fourth-order valence-corrected chi connectivity index (χ4v) is 3.90. The van der Waals surface area contributed by atoms with Crippen LogP contribution in [0.1, 0.15) is 58.8 Å². The summed E-state index contributed by atoms with van der Waals surface area (Å²) < 4.78 is 0. The van der Waals surface area contributed by atoms with Crippen molar-refractivity contribution in [2.24, 2.45) is 11.3 Å². The summed E-state index contributed by atoms with van der Waals surface area (Å²) in [7, 11) is 0. The molecule has 2 heteroatoms. The second-order valence-corrected chi connectivity index (χ2v) is 6.37. The van der Waals surface area contributed by atoms with E-state index in [4.69, 9.17) is 0 Å². The standard InChI is InChI=1S/C15H29NO/c1-3-13(4-2)14(17)10-16-11-15(12-16)8-6-5-7-9-15/h13-14,17H,3-12H2,1-2H3. The lowest BCUT2D eigenvalue weighted by Crippen LogP contribution is -2.59. The topological polar surface area (TPSA) is 23.5 Å². The predicted octanol–water partition coefficient (Wildman–Crippen LogP) is 3.05. The van der Waals surface area contributed by atoms with Gasteiger partial charge in [-0.05, 0) is 24.2 Å². The molecule has 1 atom stereocenters. The molecule has 1 spiro atoms. The average Bonchev–Trinajstić information content (AvgIpc) is 2.30. The molecule has 1 unspecified atom stereocenters. The zero-order valence-corrected chi connectivity index (χ0v) is 11.6. The molecule has 0 aromatic heterocycles. The number of hydrogen-bond acceptors (Lipinski definition) is 2. The number of aliphatic hydroxyl groups excluding tert-OH is 1. The van der Waals surface area contributed by atoms with E-state index >= 15 is 0 Å². The van der Waals surface area contributed by atoms with Crippen LogP contribution in [-0.2, 0) is 0 Å². The van der Waals surface area contributed by atoms with Gasteiger partial charge in [-0.2, -0.15) is 0 Å². The van der Waals surface area contributed by atoms with Crippen LogP contribution in [0.25, 0.3) is 0 Å². The average molecular weight is 239 g/mol. The van der Waals surface area contributed by atoms with Gasteiger partial charge in [0.2, 0.25) is 0 Å². The molecule has 0 amide bonds. The Labute approximate surface area is 106 Å². The van der Waals surface area contributed by atoms with Crippen LogP contribution in [0.2, 0.25) is 0 Å². The number of likely N-dealkylation sites (tertiary alicyclic amines) is 1. The molecule has 0 aromatic rings. The molecule has 1 N–H and O–H groups in total. The van der Waals surface area contributed by atoms with Gasteiger partial charge in [-0.1, -0.05) is 46.0 Å². The zero-order valence-electron chi connectivity index (χ0n) is 11.6. The van der Waals surface area contributed by atoms with Crippen molar-refractivity contribution in [3.63, 3.8) is 0 Å². The van der Waals surface area contributed by atoms with Crippen molar-refractivity contribution >= 4 is 0 Å². The van der Waals surface area contributed by atoms with Gasteiger partial charge < -0.3 is 5.11 Å². The highest BCUT2D eigenvalue weighted by molar-refractivity contribution is 4.97. The van der Waals surface area contributed by atoms with E-state index < -0.39 is 0 Å². The number of aliphatic hydroxyl groups is 1. The summed E-state index contributed by atoms with van der Waals surface area (Å²) in [6, 6.07) is 0.